The van der Waals surface area contributed by atoms with Crippen LogP contribution in [0.3, 0.4) is 0 Å². The van der Waals surface area contributed by atoms with E-state index in [9.17, 15) is 9.59 Å². The maximum atomic E-state index is 12.2. The molecule has 104 valence electrons. The summed E-state index contributed by atoms with van der Waals surface area (Å²) < 4.78 is 0. The molecule has 0 unspecified atom stereocenters. The number of hydrogen-bond donors (Lipinski definition) is 3. The summed E-state index contributed by atoms with van der Waals surface area (Å²) >= 11 is 0. The zero-order valence-corrected chi connectivity index (χ0v) is 11.0. The van der Waals surface area contributed by atoms with Gasteiger partial charge >= 0.3 is 5.97 Å². The van der Waals surface area contributed by atoms with Crippen LogP contribution >= 0.6 is 0 Å². The van der Waals surface area contributed by atoms with E-state index in [4.69, 9.17) is 5.11 Å². The number of nitrogens with zero attached hydrogens (tertiary/aromatic N) is 1. The number of rotatable bonds is 4. The largest absolute Gasteiger partial charge is 0.481 e. The van der Waals surface area contributed by atoms with Gasteiger partial charge < -0.3 is 10.4 Å². The van der Waals surface area contributed by atoms with E-state index in [1.54, 1.807) is 6.92 Å². The Labute approximate surface area is 111 Å². The molecule has 1 aromatic rings. The number of H-pyrrole nitrogens is 1. The van der Waals surface area contributed by atoms with Crippen molar-refractivity contribution in [3.63, 3.8) is 0 Å². The molecule has 0 atom stereocenters. The van der Waals surface area contributed by atoms with E-state index >= 15 is 0 Å². The van der Waals surface area contributed by atoms with Crippen molar-refractivity contribution >= 4 is 11.9 Å². The summed E-state index contributed by atoms with van der Waals surface area (Å²) in [6, 6.07) is 0. The van der Waals surface area contributed by atoms with Crippen molar-refractivity contribution in [1.29, 1.82) is 0 Å². The van der Waals surface area contributed by atoms with E-state index < -0.39 is 11.5 Å². The first-order valence-corrected chi connectivity index (χ1v) is 6.57. The van der Waals surface area contributed by atoms with Crippen LogP contribution in [0.1, 0.15) is 54.6 Å². The molecule has 0 radical (unpaired) electrons. The summed E-state index contributed by atoms with van der Waals surface area (Å²) in [4.78, 5) is 23.3. The van der Waals surface area contributed by atoms with Gasteiger partial charge in [-0.15, -0.1) is 0 Å². The van der Waals surface area contributed by atoms with Crippen LogP contribution in [0, 0.1) is 6.92 Å². The first-order chi connectivity index (χ1) is 9.02. The molecule has 1 saturated carbocycles. The van der Waals surface area contributed by atoms with Crippen molar-refractivity contribution in [2.45, 2.75) is 51.0 Å². The minimum absolute atomic E-state index is 0.0182. The van der Waals surface area contributed by atoms with Crippen LogP contribution in [0.2, 0.25) is 0 Å². The Morgan fingerprint density at radius 3 is 2.63 bits per heavy atom. The van der Waals surface area contributed by atoms with Gasteiger partial charge in [-0.1, -0.05) is 19.3 Å². The predicted molar refractivity (Wildman–Crippen MR) is 68.9 cm³/mol. The van der Waals surface area contributed by atoms with Crippen LogP contribution < -0.4 is 5.32 Å². The van der Waals surface area contributed by atoms with Gasteiger partial charge in [0, 0.05) is 5.69 Å². The van der Waals surface area contributed by atoms with E-state index in [1.165, 1.54) is 6.20 Å². The summed E-state index contributed by atoms with van der Waals surface area (Å²) in [5.41, 5.74) is 0.569. The number of carboxylic acids is 1. The van der Waals surface area contributed by atoms with E-state index in [-0.39, 0.29) is 12.3 Å². The molecule has 1 aliphatic rings. The number of aromatic amines is 1. The fourth-order valence-corrected chi connectivity index (χ4v) is 2.75. The molecule has 2 rings (SSSR count). The Kier molecular flexibility index (Phi) is 3.87. The molecule has 0 bridgehead atoms. The van der Waals surface area contributed by atoms with Crippen molar-refractivity contribution in [3.8, 4) is 0 Å². The number of amides is 1. The Hall–Kier alpha value is -1.85. The number of aromatic nitrogens is 2. The third-order valence-electron chi connectivity index (χ3n) is 3.75. The van der Waals surface area contributed by atoms with Gasteiger partial charge in [-0.3, -0.25) is 14.7 Å². The predicted octanol–water partition coefficient (Wildman–Crippen LogP) is 1.63. The monoisotopic (exact) mass is 265 g/mol. The minimum atomic E-state index is -0.869. The maximum absolute atomic E-state index is 12.2. The number of carboxylic acid groups (broad SMARTS) is 1. The summed E-state index contributed by atoms with van der Waals surface area (Å²) in [5.74, 6) is -1.11. The van der Waals surface area contributed by atoms with Crippen LogP contribution in [0.25, 0.3) is 0 Å². The second-order valence-corrected chi connectivity index (χ2v) is 5.27. The van der Waals surface area contributed by atoms with E-state index in [0.29, 0.717) is 11.3 Å². The van der Waals surface area contributed by atoms with Crippen LogP contribution in [0.5, 0.6) is 0 Å². The Balaban J connectivity index is 2.14. The molecule has 0 aromatic carbocycles. The first-order valence-electron chi connectivity index (χ1n) is 6.57. The topological polar surface area (TPSA) is 95.1 Å². The SMILES string of the molecule is Cc1[nH]ncc1C(=O)NC1(CC(=O)O)CCCCC1. The number of carbonyl (C=O) groups excluding carboxylic acids is 1. The van der Waals surface area contributed by atoms with Gasteiger partial charge in [-0.2, -0.15) is 5.10 Å². The molecular formula is C13H19N3O3. The van der Waals surface area contributed by atoms with Gasteiger partial charge in [0.15, 0.2) is 0 Å². The highest BCUT2D eigenvalue weighted by molar-refractivity contribution is 5.95. The van der Waals surface area contributed by atoms with Crippen molar-refractivity contribution in [1.82, 2.24) is 15.5 Å². The highest BCUT2D eigenvalue weighted by Gasteiger charge is 2.36. The highest BCUT2D eigenvalue weighted by Crippen LogP contribution is 2.31. The normalized spacial score (nSPS) is 17.9. The number of aliphatic carboxylic acids is 1. The summed E-state index contributed by atoms with van der Waals surface area (Å²) in [6.45, 7) is 1.77. The van der Waals surface area contributed by atoms with Gasteiger partial charge in [0.1, 0.15) is 0 Å². The number of hydrogen-bond acceptors (Lipinski definition) is 3. The summed E-state index contributed by atoms with van der Waals surface area (Å²) in [6.07, 6.45) is 5.92. The average molecular weight is 265 g/mol. The van der Waals surface area contributed by atoms with Gasteiger partial charge in [-0.05, 0) is 19.8 Å². The lowest BCUT2D eigenvalue weighted by atomic mass is 9.79. The molecule has 1 aliphatic carbocycles. The van der Waals surface area contributed by atoms with Crippen LogP contribution in [-0.2, 0) is 4.79 Å². The van der Waals surface area contributed by atoms with Gasteiger partial charge in [0.2, 0.25) is 0 Å². The fraction of sp³-hybridized carbons (Fsp3) is 0.615. The lowest BCUT2D eigenvalue weighted by Gasteiger charge is -2.37. The van der Waals surface area contributed by atoms with Gasteiger partial charge in [0.25, 0.3) is 5.91 Å². The van der Waals surface area contributed by atoms with E-state index in [0.717, 1.165) is 32.1 Å². The molecular weight excluding hydrogens is 246 g/mol. The molecule has 0 spiro atoms. The third-order valence-corrected chi connectivity index (χ3v) is 3.75. The zero-order valence-electron chi connectivity index (χ0n) is 11.0. The third kappa shape index (κ3) is 3.13. The number of nitrogens with one attached hydrogen (secondary N) is 2. The standard InChI is InChI=1S/C13H19N3O3/c1-9-10(8-14-16-9)12(19)15-13(7-11(17)18)5-3-2-4-6-13/h8H,2-7H2,1H3,(H,14,16)(H,15,19)(H,17,18). The first kappa shape index (κ1) is 13.6. The molecule has 1 fully saturated rings. The Morgan fingerprint density at radius 1 is 1.42 bits per heavy atom. The maximum Gasteiger partial charge on any atom is 0.305 e. The average Bonchev–Trinajstić information content (AvgIpc) is 2.75. The Bertz CT molecular complexity index is 475. The lowest BCUT2D eigenvalue weighted by molar-refractivity contribution is -0.139. The smallest absolute Gasteiger partial charge is 0.305 e. The molecule has 0 aliphatic heterocycles. The summed E-state index contributed by atoms with van der Waals surface area (Å²) in [5, 5.41) is 18.5. The van der Waals surface area contributed by atoms with Gasteiger partial charge in [-0.25, -0.2) is 0 Å². The number of aryl methyl sites for hydroxylation is 1. The molecule has 19 heavy (non-hydrogen) atoms. The molecule has 1 heterocycles. The van der Waals surface area contributed by atoms with Gasteiger partial charge in [0.05, 0.1) is 23.7 Å². The molecule has 3 N–H and O–H groups in total. The van der Waals surface area contributed by atoms with E-state index in [1.807, 2.05) is 0 Å². The zero-order chi connectivity index (χ0) is 13.9. The Morgan fingerprint density at radius 2 is 2.11 bits per heavy atom. The van der Waals surface area contributed by atoms with Crippen molar-refractivity contribution in [3.05, 3.63) is 17.5 Å². The molecule has 0 saturated heterocycles. The van der Waals surface area contributed by atoms with Crippen molar-refractivity contribution in [2.24, 2.45) is 0 Å². The van der Waals surface area contributed by atoms with Crippen molar-refractivity contribution < 1.29 is 14.7 Å². The van der Waals surface area contributed by atoms with Crippen molar-refractivity contribution in [2.75, 3.05) is 0 Å². The highest BCUT2D eigenvalue weighted by atomic mass is 16.4. The second kappa shape index (κ2) is 5.42. The minimum Gasteiger partial charge on any atom is -0.481 e. The molecule has 6 nitrogen and oxygen atoms in total. The number of carbonyl (C=O) groups is 2. The fourth-order valence-electron chi connectivity index (χ4n) is 2.75. The molecule has 1 amide bonds. The molecule has 6 heteroatoms. The van der Waals surface area contributed by atoms with E-state index in [2.05, 4.69) is 15.5 Å². The second-order valence-electron chi connectivity index (χ2n) is 5.27. The molecule has 1 aromatic heterocycles. The lowest BCUT2D eigenvalue weighted by Crippen LogP contribution is -2.51. The van der Waals surface area contributed by atoms with Crippen LogP contribution in [0.15, 0.2) is 6.20 Å². The summed E-state index contributed by atoms with van der Waals surface area (Å²) in [7, 11) is 0. The van der Waals surface area contributed by atoms with Crippen LogP contribution in [0.4, 0.5) is 0 Å². The van der Waals surface area contributed by atoms with Crippen LogP contribution in [-0.4, -0.2) is 32.7 Å². The quantitative estimate of drug-likeness (QED) is 0.771.